The molecule has 0 atom stereocenters. The lowest BCUT2D eigenvalue weighted by Gasteiger charge is -2.19. The molecule has 0 fully saturated rings. The minimum Gasteiger partial charge on any atom is -0.346 e. The molecule has 0 aromatic carbocycles. The second-order valence-electron chi connectivity index (χ2n) is 4.21. The predicted molar refractivity (Wildman–Crippen MR) is 54.9 cm³/mol. The minimum absolute atomic E-state index is 0.0429. The van der Waals surface area contributed by atoms with E-state index in [-0.39, 0.29) is 5.69 Å². The van der Waals surface area contributed by atoms with Crippen LogP contribution in [-0.2, 0) is 0 Å². The molecular formula is C9H13N3O3. The number of hydrogen-bond acceptors (Lipinski definition) is 3. The van der Waals surface area contributed by atoms with Crippen molar-refractivity contribution < 1.29 is 4.79 Å². The highest BCUT2D eigenvalue weighted by Crippen LogP contribution is 2.00. The topological polar surface area (TPSA) is 94.8 Å². The van der Waals surface area contributed by atoms with E-state index in [1.54, 1.807) is 20.8 Å². The van der Waals surface area contributed by atoms with Crippen molar-refractivity contribution in [2.24, 2.45) is 0 Å². The number of nitrogens with one attached hydrogen (secondary N) is 3. The van der Waals surface area contributed by atoms with Crippen LogP contribution in [0.5, 0.6) is 0 Å². The number of amides is 1. The van der Waals surface area contributed by atoms with Gasteiger partial charge >= 0.3 is 5.69 Å². The molecule has 0 bridgehead atoms. The Morgan fingerprint density at radius 3 is 2.33 bits per heavy atom. The van der Waals surface area contributed by atoms with Gasteiger partial charge < -0.3 is 10.3 Å². The summed E-state index contributed by atoms with van der Waals surface area (Å²) in [7, 11) is 0. The van der Waals surface area contributed by atoms with Crippen LogP contribution in [0.1, 0.15) is 31.3 Å². The average Bonchev–Trinajstić information content (AvgIpc) is 1.98. The second kappa shape index (κ2) is 3.72. The van der Waals surface area contributed by atoms with Crippen LogP contribution in [0.2, 0.25) is 0 Å². The standard InChI is InChI=1S/C9H13N3O3/c1-9(2,3)12-7(14)5-4-6(13)11-8(15)10-5/h4H,1-3H3,(H,12,14)(H2,10,11,13,15). The van der Waals surface area contributed by atoms with Gasteiger partial charge in [-0.25, -0.2) is 4.79 Å². The molecular weight excluding hydrogens is 198 g/mol. The molecule has 0 unspecified atom stereocenters. The molecule has 0 saturated heterocycles. The largest absolute Gasteiger partial charge is 0.346 e. The van der Waals surface area contributed by atoms with E-state index in [2.05, 4.69) is 10.3 Å². The van der Waals surface area contributed by atoms with Crippen LogP contribution in [0, 0.1) is 0 Å². The molecule has 0 aliphatic heterocycles. The molecule has 1 aromatic rings. The van der Waals surface area contributed by atoms with Gasteiger partial charge in [0.25, 0.3) is 11.5 Å². The summed E-state index contributed by atoms with van der Waals surface area (Å²) in [4.78, 5) is 37.6. The highest BCUT2D eigenvalue weighted by Gasteiger charge is 2.16. The first-order valence-electron chi connectivity index (χ1n) is 4.44. The minimum atomic E-state index is -0.693. The van der Waals surface area contributed by atoms with Crippen molar-refractivity contribution in [2.75, 3.05) is 0 Å². The Balaban J connectivity index is 3.02. The van der Waals surface area contributed by atoms with Crippen LogP contribution in [0.4, 0.5) is 0 Å². The fourth-order valence-corrected chi connectivity index (χ4v) is 0.999. The van der Waals surface area contributed by atoms with Crippen molar-refractivity contribution >= 4 is 5.91 Å². The Labute approximate surface area is 85.7 Å². The van der Waals surface area contributed by atoms with E-state index in [4.69, 9.17) is 0 Å². The maximum absolute atomic E-state index is 11.5. The molecule has 1 heterocycles. The van der Waals surface area contributed by atoms with Gasteiger partial charge in [0, 0.05) is 11.6 Å². The highest BCUT2D eigenvalue weighted by atomic mass is 16.2. The first kappa shape index (κ1) is 11.2. The van der Waals surface area contributed by atoms with E-state index in [1.165, 1.54) is 0 Å². The van der Waals surface area contributed by atoms with Gasteiger partial charge in [-0.3, -0.25) is 14.6 Å². The van der Waals surface area contributed by atoms with Crippen LogP contribution < -0.4 is 16.6 Å². The third-order valence-electron chi connectivity index (χ3n) is 1.49. The van der Waals surface area contributed by atoms with Gasteiger partial charge in [0.2, 0.25) is 0 Å². The van der Waals surface area contributed by atoms with Crippen molar-refractivity contribution in [3.05, 3.63) is 32.6 Å². The van der Waals surface area contributed by atoms with Crippen LogP contribution >= 0.6 is 0 Å². The lowest BCUT2D eigenvalue weighted by molar-refractivity contribution is 0.0913. The van der Waals surface area contributed by atoms with Crippen LogP contribution in [0.25, 0.3) is 0 Å². The number of aromatic amines is 2. The lowest BCUT2D eigenvalue weighted by Crippen LogP contribution is -2.42. The Kier molecular flexibility index (Phi) is 2.78. The Morgan fingerprint density at radius 2 is 1.87 bits per heavy atom. The zero-order valence-electron chi connectivity index (χ0n) is 8.80. The number of carbonyl (C=O) groups excluding carboxylic acids is 1. The fourth-order valence-electron chi connectivity index (χ4n) is 0.999. The third-order valence-corrected chi connectivity index (χ3v) is 1.49. The predicted octanol–water partition coefficient (Wildman–Crippen LogP) is -0.409. The zero-order valence-corrected chi connectivity index (χ0v) is 8.80. The molecule has 82 valence electrons. The number of rotatable bonds is 1. The molecule has 1 amide bonds. The summed E-state index contributed by atoms with van der Waals surface area (Å²) in [5.74, 6) is -0.481. The number of carbonyl (C=O) groups is 1. The smallest absolute Gasteiger partial charge is 0.326 e. The molecule has 6 nitrogen and oxygen atoms in total. The van der Waals surface area contributed by atoms with Crippen molar-refractivity contribution in [1.82, 2.24) is 15.3 Å². The maximum atomic E-state index is 11.5. The van der Waals surface area contributed by atoms with Gasteiger partial charge in [-0.05, 0) is 20.8 Å². The quantitative estimate of drug-likeness (QED) is 0.589. The molecule has 6 heteroatoms. The third kappa shape index (κ3) is 3.41. The first-order chi connectivity index (χ1) is 6.78. The number of hydrogen-bond donors (Lipinski definition) is 3. The Bertz CT molecular complexity index is 450. The van der Waals surface area contributed by atoms with Crippen molar-refractivity contribution in [2.45, 2.75) is 26.3 Å². The van der Waals surface area contributed by atoms with Gasteiger partial charge in [-0.1, -0.05) is 0 Å². The highest BCUT2D eigenvalue weighted by molar-refractivity contribution is 5.92. The van der Waals surface area contributed by atoms with E-state index in [0.29, 0.717) is 0 Å². The van der Waals surface area contributed by atoms with Gasteiger partial charge in [-0.2, -0.15) is 0 Å². The van der Waals surface area contributed by atoms with Crippen molar-refractivity contribution in [1.29, 1.82) is 0 Å². The zero-order chi connectivity index (χ0) is 11.6. The Morgan fingerprint density at radius 1 is 1.27 bits per heavy atom. The fraction of sp³-hybridized carbons (Fsp3) is 0.444. The maximum Gasteiger partial charge on any atom is 0.326 e. The van der Waals surface area contributed by atoms with Crippen LogP contribution in [0.15, 0.2) is 15.7 Å². The molecule has 1 rings (SSSR count). The Hall–Kier alpha value is -1.85. The average molecular weight is 211 g/mol. The monoisotopic (exact) mass is 211 g/mol. The van der Waals surface area contributed by atoms with E-state index < -0.39 is 22.7 Å². The lowest BCUT2D eigenvalue weighted by atomic mass is 10.1. The van der Waals surface area contributed by atoms with Crippen molar-refractivity contribution in [3.8, 4) is 0 Å². The summed E-state index contributed by atoms with van der Waals surface area (Å²) in [6.45, 7) is 5.41. The summed E-state index contributed by atoms with van der Waals surface area (Å²) < 4.78 is 0. The molecule has 0 aliphatic carbocycles. The molecule has 0 aliphatic rings. The van der Waals surface area contributed by atoms with E-state index in [9.17, 15) is 14.4 Å². The second-order valence-corrected chi connectivity index (χ2v) is 4.21. The van der Waals surface area contributed by atoms with E-state index in [1.807, 2.05) is 4.98 Å². The van der Waals surface area contributed by atoms with Gasteiger partial charge in [-0.15, -0.1) is 0 Å². The molecule has 0 saturated carbocycles. The molecule has 15 heavy (non-hydrogen) atoms. The van der Waals surface area contributed by atoms with Gasteiger partial charge in [0.1, 0.15) is 5.69 Å². The first-order valence-corrected chi connectivity index (χ1v) is 4.44. The normalized spacial score (nSPS) is 11.1. The summed E-state index contributed by atoms with van der Waals surface area (Å²) in [5.41, 5.74) is -1.76. The number of aromatic nitrogens is 2. The van der Waals surface area contributed by atoms with E-state index >= 15 is 0 Å². The van der Waals surface area contributed by atoms with Crippen LogP contribution in [-0.4, -0.2) is 21.4 Å². The summed E-state index contributed by atoms with van der Waals surface area (Å²) in [6.07, 6.45) is 0. The number of H-pyrrole nitrogens is 2. The molecule has 1 aromatic heterocycles. The van der Waals surface area contributed by atoms with Crippen LogP contribution in [0.3, 0.4) is 0 Å². The van der Waals surface area contributed by atoms with Crippen molar-refractivity contribution in [3.63, 3.8) is 0 Å². The molecule has 3 N–H and O–H groups in total. The van der Waals surface area contributed by atoms with Gasteiger partial charge in [0.05, 0.1) is 0 Å². The van der Waals surface area contributed by atoms with Gasteiger partial charge in [0.15, 0.2) is 0 Å². The summed E-state index contributed by atoms with van der Waals surface area (Å²) >= 11 is 0. The summed E-state index contributed by atoms with van der Waals surface area (Å²) in [5, 5.41) is 2.63. The SMILES string of the molecule is CC(C)(C)NC(=O)c1cc(=O)[nH]c(=O)[nH]1. The molecule has 0 spiro atoms. The van der Waals surface area contributed by atoms with E-state index in [0.717, 1.165) is 6.07 Å². The summed E-state index contributed by atoms with van der Waals surface area (Å²) in [6, 6.07) is 1.04. The molecule has 0 radical (unpaired) electrons.